The fraction of sp³-hybridized carbons (Fsp3) is 0. The van der Waals surface area contributed by atoms with Gasteiger partial charge in [-0.25, -0.2) is 9.78 Å². The Kier molecular flexibility index (Phi) is 2.77. The van der Waals surface area contributed by atoms with Crippen molar-refractivity contribution >= 4 is 12.0 Å². The Hall–Kier alpha value is -2.15. The van der Waals surface area contributed by atoms with Crippen LogP contribution in [0.3, 0.4) is 0 Å². The first-order valence-corrected chi connectivity index (χ1v) is 3.49. The molecule has 0 fully saturated rings. The molecule has 4 heteroatoms. The number of carbonyl (C=O) groups is 1. The Labute approximate surface area is 74.8 Å². The van der Waals surface area contributed by atoms with Gasteiger partial charge in [0.2, 0.25) is 0 Å². The summed E-state index contributed by atoms with van der Waals surface area (Å²) in [5.41, 5.74) is 0.918. The van der Waals surface area contributed by atoms with Crippen molar-refractivity contribution < 1.29 is 9.90 Å². The summed E-state index contributed by atoms with van der Waals surface area (Å²) in [6.45, 7) is 0. The molecule has 0 aromatic carbocycles. The highest BCUT2D eigenvalue weighted by Gasteiger charge is 1.92. The van der Waals surface area contributed by atoms with Crippen molar-refractivity contribution in [2.24, 2.45) is 0 Å². The zero-order valence-corrected chi connectivity index (χ0v) is 6.64. The van der Waals surface area contributed by atoms with Crippen molar-refractivity contribution in [3.05, 3.63) is 35.7 Å². The zero-order valence-electron chi connectivity index (χ0n) is 6.64. The lowest BCUT2D eigenvalue weighted by atomic mass is 10.2. The van der Waals surface area contributed by atoms with Gasteiger partial charge in [-0.15, -0.1) is 0 Å². The standard InChI is InChI=1S/C9H6N2O2/c10-6-8-5-7(3-4-11-8)1-2-9(12)13/h1-5H,(H,12,13)/b2-1+. The quantitative estimate of drug-likeness (QED) is 0.680. The second kappa shape index (κ2) is 4.02. The number of rotatable bonds is 2. The van der Waals surface area contributed by atoms with Crippen molar-refractivity contribution in [2.45, 2.75) is 0 Å². The van der Waals surface area contributed by atoms with Crippen molar-refractivity contribution in [2.75, 3.05) is 0 Å². The lowest BCUT2D eigenvalue weighted by Gasteiger charge is -1.91. The molecule has 0 amide bonds. The zero-order chi connectivity index (χ0) is 9.68. The van der Waals surface area contributed by atoms with Crippen LogP contribution in [0.1, 0.15) is 11.3 Å². The van der Waals surface area contributed by atoms with Gasteiger partial charge in [-0.1, -0.05) is 0 Å². The summed E-state index contributed by atoms with van der Waals surface area (Å²) >= 11 is 0. The minimum Gasteiger partial charge on any atom is -0.478 e. The van der Waals surface area contributed by atoms with E-state index in [9.17, 15) is 4.79 Å². The lowest BCUT2D eigenvalue weighted by molar-refractivity contribution is -0.131. The monoisotopic (exact) mass is 174 g/mol. The molecular formula is C9H6N2O2. The van der Waals surface area contributed by atoms with Gasteiger partial charge in [0.25, 0.3) is 0 Å². The summed E-state index contributed by atoms with van der Waals surface area (Å²) in [5.74, 6) is -1.02. The molecule has 4 nitrogen and oxygen atoms in total. The molecule has 1 rings (SSSR count). The van der Waals surface area contributed by atoms with Gasteiger partial charge in [-0.3, -0.25) is 0 Å². The van der Waals surface area contributed by atoms with Crippen LogP contribution in [0, 0.1) is 11.3 Å². The Balaban J connectivity index is 2.91. The van der Waals surface area contributed by atoms with E-state index in [2.05, 4.69) is 4.98 Å². The second-order valence-corrected chi connectivity index (χ2v) is 2.26. The molecule has 0 aliphatic heterocycles. The maximum atomic E-state index is 10.2. The molecule has 0 spiro atoms. The molecule has 0 unspecified atom stereocenters. The largest absolute Gasteiger partial charge is 0.478 e. The van der Waals surface area contributed by atoms with E-state index >= 15 is 0 Å². The van der Waals surface area contributed by atoms with E-state index in [4.69, 9.17) is 10.4 Å². The van der Waals surface area contributed by atoms with Gasteiger partial charge in [0, 0.05) is 12.3 Å². The number of pyridine rings is 1. The van der Waals surface area contributed by atoms with E-state index in [-0.39, 0.29) is 5.69 Å². The Morgan fingerprint density at radius 1 is 1.69 bits per heavy atom. The molecule has 1 aromatic rings. The molecule has 0 saturated carbocycles. The first-order chi connectivity index (χ1) is 6.22. The third-order valence-corrected chi connectivity index (χ3v) is 1.32. The predicted molar refractivity (Wildman–Crippen MR) is 45.6 cm³/mol. The van der Waals surface area contributed by atoms with Crippen LogP contribution in [0.15, 0.2) is 24.4 Å². The topological polar surface area (TPSA) is 74.0 Å². The van der Waals surface area contributed by atoms with E-state index in [1.54, 1.807) is 6.07 Å². The molecule has 0 saturated heterocycles. The van der Waals surface area contributed by atoms with Crippen molar-refractivity contribution in [3.63, 3.8) is 0 Å². The summed E-state index contributed by atoms with van der Waals surface area (Å²) in [4.78, 5) is 13.9. The van der Waals surface area contributed by atoms with Crippen molar-refractivity contribution in [1.29, 1.82) is 5.26 Å². The van der Waals surface area contributed by atoms with E-state index in [1.165, 1.54) is 18.3 Å². The maximum Gasteiger partial charge on any atom is 0.328 e. The summed E-state index contributed by atoms with van der Waals surface area (Å²) in [5, 5.41) is 16.8. The fourth-order valence-electron chi connectivity index (χ4n) is 0.779. The number of carboxylic acid groups (broad SMARTS) is 1. The molecule has 1 heterocycles. The summed E-state index contributed by atoms with van der Waals surface area (Å²) < 4.78 is 0. The van der Waals surface area contributed by atoms with E-state index < -0.39 is 5.97 Å². The first kappa shape index (κ1) is 8.94. The number of aromatic nitrogens is 1. The second-order valence-electron chi connectivity index (χ2n) is 2.26. The molecule has 1 N–H and O–H groups in total. The normalized spacial score (nSPS) is 9.77. The number of nitriles is 1. The summed E-state index contributed by atoms with van der Waals surface area (Å²) in [7, 11) is 0. The van der Waals surface area contributed by atoms with E-state index in [0.717, 1.165) is 6.08 Å². The van der Waals surface area contributed by atoms with Crippen LogP contribution in [0.2, 0.25) is 0 Å². The lowest BCUT2D eigenvalue weighted by Crippen LogP contribution is -1.87. The number of hydrogen-bond acceptors (Lipinski definition) is 3. The smallest absolute Gasteiger partial charge is 0.328 e. The molecule has 1 aromatic heterocycles. The van der Waals surface area contributed by atoms with Crippen LogP contribution < -0.4 is 0 Å². The molecule has 0 aliphatic rings. The number of hydrogen-bond donors (Lipinski definition) is 1. The van der Waals surface area contributed by atoms with Crippen LogP contribution in [0.25, 0.3) is 6.08 Å². The van der Waals surface area contributed by atoms with Gasteiger partial charge in [-0.2, -0.15) is 5.26 Å². The Bertz CT molecular complexity index is 391. The van der Waals surface area contributed by atoms with Gasteiger partial charge in [0.05, 0.1) is 0 Å². The highest BCUT2D eigenvalue weighted by Crippen LogP contribution is 2.02. The molecule has 0 radical (unpaired) electrons. The van der Waals surface area contributed by atoms with Gasteiger partial charge in [0.1, 0.15) is 11.8 Å². The molecule has 0 bridgehead atoms. The van der Waals surface area contributed by atoms with Gasteiger partial charge in [-0.05, 0) is 23.8 Å². The van der Waals surface area contributed by atoms with Gasteiger partial charge >= 0.3 is 5.97 Å². The SMILES string of the molecule is N#Cc1cc(/C=C/C(=O)O)ccn1. The van der Waals surface area contributed by atoms with Crippen LogP contribution >= 0.6 is 0 Å². The fourth-order valence-corrected chi connectivity index (χ4v) is 0.779. The van der Waals surface area contributed by atoms with E-state index in [1.807, 2.05) is 6.07 Å². The average Bonchev–Trinajstić information content (AvgIpc) is 2.15. The van der Waals surface area contributed by atoms with Gasteiger partial charge < -0.3 is 5.11 Å². The van der Waals surface area contributed by atoms with Gasteiger partial charge in [0.15, 0.2) is 0 Å². The third kappa shape index (κ3) is 2.75. The third-order valence-electron chi connectivity index (χ3n) is 1.32. The molecule has 0 aliphatic carbocycles. The first-order valence-electron chi connectivity index (χ1n) is 3.49. The van der Waals surface area contributed by atoms with Crippen LogP contribution in [0.5, 0.6) is 0 Å². The summed E-state index contributed by atoms with van der Waals surface area (Å²) in [6.07, 6.45) is 3.88. The van der Waals surface area contributed by atoms with Crippen molar-refractivity contribution in [1.82, 2.24) is 4.98 Å². The van der Waals surface area contributed by atoms with E-state index in [0.29, 0.717) is 5.56 Å². The minimum absolute atomic E-state index is 0.271. The number of carboxylic acids is 1. The highest BCUT2D eigenvalue weighted by molar-refractivity contribution is 5.85. The number of aliphatic carboxylic acids is 1. The highest BCUT2D eigenvalue weighted by atomic mass is 16.4. The molecular weight excluding hydrogens is 168 g/mol. The van der Waals surface area contributed by atoms with Crippen molar-refractivity contribution in [3.8, 4) is 6.07 Å². The maximum absolute atomic E-state index is 10.2. The minimum atomic E-state index is -1.02. The average molecular weight is 174 g/mol. The predicted octanol–water partition coefficient (Wildman–Crippen LogP) is 1.05. The van der Waals surface area contributed by atoms with Crippen LogP contribution in [-0.4, -0.2) is 16.1 Å². The van der Waals surface area contributed by atoms with Crippen LogP contribution in [-0.2, 0) is 4.79 Å². The van der Waals surface area contributed by atoms with Crippen LogP contribution in [0.4, 0.5) is 0 Å². The Morgan fingerprint density at radius 3 is 3.08 bits per heavy atom. The Morgan fingerprint density at radius 2 is 2.46 bits per heavy atom. The molecule has 0 atom stereocenters. The number of nitrogens with zero attached hydrogens (tertiary/aromatic N) is 2. The molecule has 64 valence electrons. The summed E-state index contributed by atoms with van der Waals surface area (Å²) in [6, 6.07) is 5.00. The molecule has 13 heavy (non-hydrogen) atoms.